The molecule has 1 aliphatic rings. The Morgan fingerprint density at radius 3 is 1.88 bits per heavy atom. The third-order valence-corrected chi connectivity index (χ3v) is 8.58. The molecule has 8 rings (SSSR count). The van der Waals surface area contributed by atoms with E-state index in [2.05, 4.69) is 129 Å². The molecule has 0 saturated carbocycles. The zero-order valence-corrected chi connectivity index (χ0v) is 23.0. The van der Waals surface area contributed by atoms with Crippen LogP contribution in [-0.4, -0.2) is 0 Å². The maximum atomic E-state index is 6.48. The molecule has 0 fully saturated rings. The van der Waals surface area contributed by atoms with Crippen molar-refractivity contribution in [3.63, 3.8) is 0 Å². The van der Waals surface area contributed by atoms with Gasteiger partial charge in [0.25, 0.3) is 0 Å². The van der Waals surface area contributed by atoms with E-state index >= 15 is 0 Å². The van der Waals surface area contributed by atoms with Crippen molar-refractivity contribution >= 4 is 21.9 Å². The maximum Gasteiger partial charge on any atom is 0.136 e. The molecular formula is C39H28O2. The Labute approximate surface area is 239 Å². The molecule has 1 aromatic heterocycles. The highest BCUT2D eigenvalue weighted by molar-refractivity contribution is 6.13. The lowest BCUT2D eigenvalue weighted by Crippen LogP contribution is -2.24. The highest BCUT2D eigenvalue weighted by Crippen LogP contribution is 2.49. The summed E-state index contributed by atoms with van der Waals surface area (Å²) in [5.41, 5.74) is 11.1. The number of fused-ring (bicyclic) bond motifs is 5. The van der Waals surface area contributed by atoms with Crippen molar-refractivity contribution in [2.24, 2.45) is 0 Å². The molecule has 0 saturated heterocycles. The first-order valence-corrected chi connectivity index (χ1v) is 14.1. The standard InChI is InChI=1S/C39H28O2/c1-39(2)32-18-8-10-20-35(32)41-37-24-25(22-23-33(37)39)26-12-3-4-13-27(26)28-14-5-6-15-29(28)30-17-11-21-36-38(30)31-16-7-9-19-34(31)40-36/h3-24H,1-2H3. The van der Waals surface area contributed by atoms with Gasteiger partial charge >= 0.3 is 0 Å². The van der Waals surface area contributed by atoms with Crippen molar-refractivity contribution < 1.29 is 9.15 Å². The Kier molecular flexibility index (Phi) is 5.20. The minimum Gasteiger partial charge on any atom is -0.457 e. The Bertz CT molecular complexity index is 2110. The molecule has 6 aromatic carbocycles. The van der Waals surface area contributed by atoms with E-state index in [1.54, 1.807) is 0 Å². The first-order valence-electron chi connectivity index (χ1n) is 14.1. The molecule has 41 heavy (non-hydrogen) atoms. The van der Waals surface area contributed by atoms with Gasteiger partial charge in [0, 0.05) is 27.3 Å². The van der Waals surface area contributed by atoms with Crippen molar-refractivity contribution in [3.8, 4) is 44.9 Å². The Morgan fingerprint density at radius 2 is 1.05 bits per heavy atom. The van der Waals surface area contributed by atoms with Gasteiger partial charge in [-0.3, -0.25) is 0 Å². The predicted octanol–water partition coefficient (Wildman–Crippen LogP) is 11.0. The fourth-order valence-corrected chi connectivity index (χ4v) is 6.55. The lowest BCUT2D eigenvalue weighted by molar-refractivity contribution is 0.418. The van der Waals surface area contributed by atoms with Gasteiger partial charge < -0.3 is 9.15 Å². The van der Waals surface area contributed by atoms with Gasteiger partial charge in [0.15, 0.2) is 0 Å². The van der Waals surface area contributed by atoms with Crippen LogP contribution in [0, 0.1) is 0 Å². The summed E-state index contributed by atoms with van der Waals surface area (Å²) < 4.78 is 12.7. The van der Waals surface area contributed by atoms with Crippen molar-refractivity contribution in [3.05, 3.63) is 145 Å². The molecule has 1 aliphatic heterocycles. The topological polar surface area (TPSA) is 22.4 Å². The van der Waals surface area contributed by atoms with Crippen LogP contribution in [0.1, 0.15) is 25.0 Å². The summed E-state index contributed by atoms with van der Waals surface area (Å²) in [5.74, 6) is 1.85. The van der Waals surface area contributed by atoms with Crippen molar-refractivity contribution in [1.29, 1.82) is 0 Å². The normalized spacial score (nSPS) is 13.5. The van der Waals surface area contributed by atoms with Crippen LogP contribution < -0.4 is 4.74 Å². The van der Waals surface area contributed by atoms with E-state index in [1.165, 1.54) is 38.9 Å². The number of para-hydroxylation sites is 2. The minimum absolute atomic E-state index is 0.138. The van der Waals surface area contributed by atoms with Crippen LogP contribution in [0.5, 0.6) is 11.5 Å². The van der Waals surface area contributed by atoms with Crippen molar-refractivity contribution in [2.75, 3.05) is 0 Å². The molecule has 2 nitrogen and oxygen atoms in total. The van der Waals surface area contributed by atoms with E-state index in [4.69, 9.17) is 9.15 Å². The molecule has 0 aliphatic carbocycles. The highest BCUT2D eigenvalue weighted by atomic mass is 16.5. The summed E-state index contributed by atoms with van der Waals surface area (Å²) in [5, 5.41) is 2.28. The summed E-state index contributed by atoms with van der Waals surface area (Å²) in [6, 6.07) is 47.1. The molecule has 0 radical (unpaired) electrons. The largest absolute Gasteiger partial charge is 0.457 e. The average molecular weight is 529 g/mol. The van der Waals surface area contributed by atoms with E-state index in [0.29, 0.717) is 0 Å². The van der Waals surface area contributed by atoms with E-state index in [1.807, 2.05) is 18.2 Å². The molecular weight excluding hydrogens is 500 g/mol. The SMILES string of the molecule is CC1(C)c2ccccc2Oc2cc(-c3ccccc3-c3ccccc3-c3cccc4oc5ccccc5c34)ccc21. The Morgan fingerprint density at radius 1 is 0.463 bits per heavy atom. The van der Waals surface area contributed by atoms with Crippen LogP contribution in [-0.2, 0) is 5.41 Å². The lowest BCUT2D eigenvalue weighted by atomic mass is 9.75. The molecule has 0 bridgehead atoms. The van der Waals surface area contributed by atoms with Crippen LogP contribution in [0.3, 0.4) is 0 Å². The number of ether oxygens (including phenoxy) is 1. The van der Waals surface area contributed by atoms with Gasteiger partial charge in [0.05, 0.1) is 0 Å². The van der Waals surface area contributed by atoms with E-state index in [-0.39, 0.29) is 5.41 Å². The Balaban J connectivity index is 1.31. The van der Waals surface area contributed by atoms with Crippen molar-refractivity contribution in [2.45, 2.75) is 19.3 Å². The van der Waals surface area contributed by atoms with Gasteiger partial charge in [0.2, 0.25) is 0 Å². The fraction of sp³-hybridized carbons (Fsp3) is 0.0769. The third kappa shape index (κ3) is 3.64. The minimum atomic E-state index is -0.138. The molecule has 0 spiro atoms. The predicted molar refractivity (Wildman–Crippen MR) is 169 cm³/mol. The summed E-state index contributed by atoms with van der Waals surface area (Å²) in [6.45, 7) is 4.55. The second-order valence-electron chi connectivity index (χ2n) is 11.3. The van der Waals surface area contributed by atoms with Crippen molar-refractivity contribution in [1.82, 2.24) is 0 Å². The number of furan rings is 1. The summed E-state index contributed by atoms with van der Waals surface area (Å²) in [4.78, 5) is 0. The number of benzene rings is 6. The van der Waals surface area contributed by atoms with Crippen LogP contribution in [0.4, 0.5) is 0 Å². The van der Waals surface area contributed by atoms with Gasteiger partial charge in [-0.25, -0.2) is 0 Å². The number of rotatable bonds is 3. The average Bonchev–Trinajstić information content (AvgIpc) is 3.40. The summed E-state index contributed by atoms with van der Waals surface area (Å²) in [7, 11) is 0. The molecule has 2 heteroatoms. The molecule has 0 amide bonds. The van der Waals surface area contributed by atoms with Crippen LogP contribution in [0.2, 0.25) is 0 Å². The van der Waals surface area contributed by atoms with Crippen LogP contribution in [0.25, 0.3) is 55.3 Å². The molecule has 2 heterocycles. The maximum absolute atomic E-state index is 6.48. The highest BCUT2D eigenvalue weighted by Gasteiger charge is 2.34. The zero-order chi connectivity index (χ0) is 27.6. The molecule has 196 valence electrons. The van der Waals surface area contributed by atoms with Gasteiger partial charge in [0.1, 0.15) is 22.7 Å². The van der Waals surface area contributed by atoms with E-state index < -0.39 is 0 Å². The zero-order valence-electron chi connectivity index (χ0n) is 23.0. The third-order valence-electron chi connectivity index (χ3n) is 8.58. The smallest absolute Gasteiger partial charge is 0.136 e. The fourth-order valence-electron chi connectivity index (χ4n) is 6.55. The van der Waals surface area contributed by atoms with Gasteiger partial charge in [-0.15, -0.1) is 0 Å². The van der Waals surface area contributed by atoms with E-state index in [9.17, 15) is 0 Å². The second-order valence-corrected chi connectivity index (χ2v) is 11.3. The monoisotopic (exact) mass is 528 g/mol. The molecule has 0 atom stereocenters. The summed E-state index contributed by atoms with van der Waals surface area (Å²) >= 11 is 0. The van der Waals surface area contributed by atoms with E-state index in [0.717, 1.165) is 39.0 Å². The van der Waals surface area contributed by atoms with Gasteiger partial charge in [-0.1, -0.05) is 123 Å². The first-order chi connectivity index (χ1) is 20.1. The number of hydrogen-bond donors (Lipinski definition) is 0. The van der Waals surface area contributed by atoms with Gasteiger partial charge in [-0.05, 0) is 57.6 Å². The second kappa shape index (κ2) is 8.97. The lowest BCUT2D eigenvalue weighted by Gasteiger charge is -2.34. The first kappa shape index (κ1) is 23.8. The Hall–Kier alpha value is -5.08. The van der Waals surface area contributed by atoms with Crippen LogP contribution in [0.15, 0.2) is 138 Å². The number of hydrogen-bond acceptors (Lipinski definition) is 2. The van der Waals surface area contributed by atoms with Crippen LogP contribution >= 0.6 is 0 Å². The molecule has 0 N–H and O–H groups in total. The quantitative estimate of drug-likeness (QED) is 0.228. The van der Waals surface area contributed by atoms with Gasteiger partial charge in [-0.2, -0.15) is 0 Å². The summed E-state index contributed by atoms with van der Waals surface area (Å²) in [6.07, 6.45) is 0. The molecule has 7 aromatic rings. The molecule has 0 unspecified atom stereocenters.